The highest BCUT2D eigenvalue weighted by molar-refractivity contribution is 6.30. The first-order valence-corrected chi connectivity index (χ1v) is 11.8. The summed E-state index contributed by atoms with van der Waals surface area (Å²) in [5, 5.41) is 9.21. The van der Waals surface area contributed by atoms with Crippen LogP contribution in [0, 0.1) is 12.8 Å². The Kier molecular flexibility index (Phi) is 6.54. The summed E-state index contributed by atoms with van der Waals surface area (Å²) in [7, 11) is 0. The first-order valence-electron chi connectivity index (χ1n) is 11.5. The number of likely N-dealkylation sites (tertiary alicyclic amines) is 1. The molecule has 1 atom stereocenters. The third-order valence-corrected chi connectivity index (χ3v) is 6.66. The number of nitrogens with one attached hydrogen (secondary N) is 1. The van der Waals surface area contributed by atoms with Gasteiger partial charge in [0.2, 0.25) is 0 Å². The third-order valence-electron chi connectivity index (χ3n) is 6.41. The maximum atomic E-state index is 12.7. The minimum Gasteiger partial charge on any atom is -0.376 e. The van der Waals surface area contributed by atoms with Gasteiger partial charge in [0, 0.05) is 59.8 Å². The standard InChI is InChI=1S/C25H27ClN4O4/c1-16-21(24(31)27-10-20-15-33-8-9-34-20)6-7-23-22(16)14-30(28-23)13-17-11-29(12-17)25(32)18-2-4-19(26)5-3-18/h2-7,14,17,20H,8-13,15H2,1H3,(H,27,31)/t20-/m1/s1. The van der Waals surface area contributed by atoms with Crippen molar-refractivity contribution in [3.63, 3.8) is 0 Å². The number of amides is 2. The molecule has 0 spiro atoms. The van der Waals surface area contributed by atoms with Crippen LogP contribution in [-0.2, 0) is 16.0 Å². The molecule has 0 saturated carbocycles. The van der Waals surface area contributed by atoms with E-state index in [-0.39, 0.29) is 17.9 Å². The van der Waals surface area contributed by atoms with Crippen molar-refractivity contribution in [1.29, 1.82) is 0 Å². The van der Waals surface area contributed by atoms with Crippen molar-refractivity contribution in [2.45, 2.75) is 19.6 Å². The fourth-order valence-electron chi connectivity index (χ4n) is 4.47. The molecule has 2 aliphatic heterocycles. The van der Waals surface area contributed by atoms with Crippen LogP contribution in [0.5, 0.6) is 0 Å². The van der Waals surface area contributed by atoms with Crippen molar-refractivity contribution >= 4 is 34.3 Å². The second-order valence-corrected chi connectivity index (χ2v) is 9.32. The summed E-state index contributed by atoms with van der Waals surface area (Å²) in [6.07, 6.45) is 1.88. The maximum absolute atomic E-state index is 12.7. The Hall–Kier alpha value is -2.94. The number of nitrogens with zero attached hydrogens (tertiary/aromatic N) is 3. The molecule has 178 valence electrons. The predicted molar refractivity (Wildman–Crippen MR) is 128 cm³/mol. The number of carbonyl (C=O) groups is 2. The van der Waals surface area contributed by atoms with Crippen molar-refractivity contribution in [1.82, 2.24) is 20.0 Å². The van der Waals surface area contributed by atoms with Gasteiger partial charge in [-0.25, -0.2) is 0 Å². The van der Waals surface area contributed by atoms with E-state index < -0.39 is 0 Å². The van der Waals surface area contributed by atoms with Crippen molar-refractivity contribution in [2.75, 3.05) is 39.5 Å². The van der Waals surface area contributed by atoms with Crippen molar-refractivity contribution < 1.29 is 19.1 Å². The number of ether oxygens (including phenoxy) is 2. The van der Waals surface area contributed by atoms with Crippen LogP contribution in [0.4, 0.5) is 0 Å². The fraction of sp³-hybridized carbons (Fsp3) is 0.400. The maximum Gasteiger partial charge on any atom is 0.253 e. The van der Waals surface area contributed by atoms with Gasteiger partial charge < -0.3 is 19.7 Å². The molecule has 8 nitrogen and oxygen atoms in total. The summed E-state index contributed by atoms with van der Waals surface area (Å²) in [6.45, 7) is 6.12. The third kappa shape index (κ3) is 4.80. The molecule has 2 aliphatic rings. The molecule has 3 aromatic rings. The van der Waals surface area contributed by atoms with Gasteiger partial charge in [-0.3, -0.25) is 14.3 Å². The molecule has 1 N–H and O–H groups in total. The van der Waals surface area contributed by atoms with E-state index in [0.717, 1.165) is 23.0 Å². The minimum atomic E-state index is -0.128. The fourth-order valence-corrected chi connectivity index (χ4v) is 4.59. The zero-order valence-corrected chi connectivity index (χ0v) is 19.8. The molecule has 1 aromatic heterocycles. The van der Waals surface area contributed by atoms with Crippen molar-refractivity contribution in [2.24, 2.45) is 5.92 Å². The van der Waals surface area contributed by atoms with Crippen LogP contribution < -0.4 is 5.32 Å². The molecule has 0 unspecified atom stereocenters. The number of benzene rings is 2. The van der Waals surface area contributed by atoms with Crippen LogP contribution in [0.25, 0.3) is 10.9 Å². The molecular formula is C25H27ClN4O4. The number of aryl methyl sites for hydroxylation is 1. The van der Waals surface area contributed by atoms with Crippen molar-refractivity contribution in [3.8, 4) is 0 Å². The van der Waals surface area contributed by atoms with Crippen LogP contribution in [0.3, 0.4) is 0 Å². The Bertz CT molecular complexity index is 1200. The smallest absolute Gasteiger partial charge is 0.253 e. The van der Waals surface area contributed by atoms with Gasteiger partial charge in [-0.2, -0.15) is 5.10 Å². The molecule has 34 heavy (non-hydrogen) atoms. The second kappa shape index (κ2) is 9.74. The zero-order chi connectivity index (χ0) is 23.7. The molecule has 2 saturated heterocycles. The first-order chi connectivity index (χ1) is 16.5. The topological polar surface area (TPSA) is 85.7 Å². The lowest BCUT2D eigenvalue weighted by atomic mass is 9.99. The van der Waals surface area contributed by atoms with E-state index >= 15 is 0 Å². The molecule has 3 heterocycles. The van der Waals surface area contributed by atoms with Crippen LogP contribution in [-0.4, -0.2) is 72.1 Å². The number of halogens is 1. The predicted octanol–water partition coefficient (Wildman–Crippen LogP) is 2.92. The van der Waals surface area contributed by atoms with Gasteiger partial charge in [0.1, 0.15) is 0 Å². The Labute approximate surface area is 202 Å². The number of aromatic nitrogens is 2. The number of carbonyl (C=O) groups excluding carboxylic acids is 2. The summed E-state index contributed by atoms with van der Waals surface area (Å²) >= 11 is 5.91. The van der Waals surface area contributed by atoms with Gasteiger partial charge in [-0.05, 0) is 48.9 Å². The summed E-state index contributed by atoms with van der Waals surface area (Å²) in [4.78, 5) is 27.2. The highest BCUT2D eigenvalue weighted by Gasteiger charge is 2.31. The highest BCUT2D eigenvalue weighted by Crippen LogP contribution is 2.24. The quantitative estimate of drug-likeness (QED) is 0.584. The zero-order valence-electron chi connectivity index (χ0n) is 19.0. The second-order valence-electron chi connectivity index (χ2n) is 8.88. The minimum absolute atomic E-state index is 0.0234. The van der Waals surface area contributed by atoms with Gasteiger partial charge >= 0.3 is 0 Å². The van der Waals surface area contributed by atoms with E-state index in [1.165, 1.54) is 0 Å². The average molecular weight is 483 g/mol. The van der Waals surface area contributed by atoms with E-state index in [1.54, 1.807) is 24.3 Å². The lowest BCUT2D eigenvalue weighted by Gasteiger charge is -2.39. The van der Waals surface area contributed by atoms with Crippen molar-refractivity contribution in [3.05, 3.63) is 64.3 Å². The molecule has 5 rings (SSSR count). The molecule has 2 amide bonds. The Morgan fingerprint density at radius 2 is 1.94 bits per heavy atom. The molecule has 2 aromatic carbocycles. The van der Waals surface area contributed by atoms with Gasteiger partial charge in [0.25, 0.3) is 11.8 Å². The molecule has 9 heteroatoms. The van der Waals surface area contributed by atoms with Crippen LogP contribution in [0.1, 0.15) is 26.3 Å². The van der Waals surface area contributed by atoms with E-state index in [4.69, 9.17) is 21.1 Å². The Morgan fingerprint density at radius 3 is 2.68 bits per heavy atom. The van der Waals surface area contributed by atoms with E-state index in [0.29, 0.717) is 61.5 Å². The van der Waals surface area contributed by atoms with E-state index in [2.05, 4.69) is 10.4 Å². The largest absolute Gasteiger partial charge is 0.376 e. The average Bonchev–Trinajstić information content (AvgIpc) is 3.24. The highest BCUT2D eigenvalue weighted by atomic mass is 35.5. The summed E-state index contributed by atoms with van der Waals surface area (Å²) < 4.78 is 12.9. The Morgan fingerprint density at radius 1 is 1.15 bits per heavy atom. The van der Waals surface area contributed by atoms with Gasteiger partial charge in [0.15, 0.2) is 0 Å². The lowest BCUT2D eigenvalue weighted by molar-refractivity contribution is -0.0855. The monoisotopic (exact) mass is 482 g/mol. The van der Waals surface area contributed by atoms with Gasteiger partial charge in [-0.15, -0.1) is 0 Å². The van der Waals surface area contributed by atoms with Gasteiger partial charge in [-0.1, -0.05) is 11.6 Å². The molecule has 0 radical (unpaired) electrons. The lowest BCUT2D eigenvalue weighted by Crippen LogP contribution is -2.51. The molecule has 0 aliphatic carbocycles. The molecule has 0 bridgehead atoms. The normalized spacial score (nSPS) is 18.6. The Balaban J connectivity index is 1.19. The number of hydrogen-bond acceptors (Lipinski definition) is 5. The number of rotatable bonds is 6. The van der Waals surface area contributed by atoms with Crippen LogP contribution in [0.2, 0.25) is 5.02 Å². The van der Waals surface area contributed by atoms with E-state index in [9.17, 15) is 9.59 Å². The number of fused-ring (bicyclic) bond motifs is 1. The first kappa shape index (κ1) is 22.8. The summed E-state index contributed by atoms with van der Waals surface area (Å²) in [5.74, 6) is 0.234. The molecule has 2 fully saturated rings. The van der Waals surface area contributed by atoms with Crippen LogP contribution in [0.15, 0.2) is 42.6 Å². The van der Waals surface area contributed by atoms with Gasteiger partial charge in [0.05, 0.1) is 31.4 Å². The SMILES string of the molecule is Cc1c(C(=O)NC[C@@H]2COCCO2)ccc2nn(CC3CN(C(=O)c4ccc(Cl)cc4)C3)cc12. The van der Waals surface area contributed by atoms with Crippen LogP contribution >= 0.6 is 11.6 Å². The molecular weight excluding hydrogens is 456 g/mol. The summed E-state index contributed by atoms with van der Waals surface area (Å²) in [5.41, 5.74) is 3.03. The summed E-state index contributed by atoms with van der Waals surface area (Å²) in [6, 6.07) is 10.7. The van der Waals surface area contributed by atoms with E-state index in [1.807, 2.05) is 34.8 Å². The number of hydrogen-bond donors (Lipinski definition) is 1.